The molecule has 2 aliphatic heterocycles. The topological polar surface area (TPSA) is 82.5 Å². The SMILES string of the molecule is C=C1C[C@@](O)(C(=O)O)c2ccc3c(c2)N(C[C@@H]2CC[C@H]2[C@@H](OC)/C=C/CCCN1C)C[C@@]1(CCCc2cc(Cl)ccc21)CO3. The fourth-order valence-corrected chi connectivity index (χ4v) is 8.07. The summed E-state index contributed by atoms with van der Waals surface area (Å²) in [5.74, 6) is 0.233. The van der Waals surface area contributed by atoms with Gasteiger partial charge in [-0.15, -0.1) is 0 Å². The lowest BCUT2D eigenvalue weighted by molar-refractivity contribution is -0.160. The third kappa shape index (κ3) is 5.75. The highest BCUT2D eigenvalue weighted by Gasteiger charge is 2.46. The Balaban J connectivity index is 1.45. The van der Waals surface area contributed by atoms with E-state index in [9.17, 15) is 15.0 Å². The van der Waals surface area contributed by atoms with Crippen molar-refractivity contribution >= 4 is 23.3 Å². The molecular weight excluding hydrogens is 576 g/mol. The molecule has 1 spiro atoms. The van der Waals surface area contributed by atoms with Crippen LogP contribution in [0.15, 0.2) is 60.8 Å². The van der Waals surface area contributed by atoms with Crippen LogP contribution < -0.4 is 9.64 Å². The second-order valence-corrected chi connectivity index (χ2v) is 13.8. The molecule has 2 N–H and O–H groups in total. The molecule has 2 aromatic carbocycles. The van der Waals surface area contributed by atoms with E-state index >= 15 is 0 Å². The molecule has 2 aliphatic carbocycles. The maximum Gasteiger partial charge on any atom is 0.340 e. The molecule has 2 aromatic rings. The number of fused-ring (bicyclic) bond motifs is 4. The lowest BCUT2D eigenvalue weighted by atomic mass is 9.68. The maximum atomic E-state index is 12.7. The fourth-order valence-electron chi connectivity index (χ4n) is 7.87. The number of nitrogens with zero attached hydrogens (tertiary/aromatic N) is 2. The number of benzene rings is 2. The van der Waals surface area contributed by atoms with E-state index in [2.05, 4.69) is 35.8 Å². The highest BCUT2D eigenvalue weighted by Crippen LogP contribution is 2.48. The van der Waals surface area contributed by atoms with Crippen LogP contribution in [-0.2, 0) is 27.0 Å². The van der Waals surface area contributed by atoms with Gasteiger partial charge in [-0.2, -0.15) is 0 Å². The Hall–Kier alpha value is -3.00. The smallest absolute Gasteiger partial charge is 0.340 e. The largest absolute Gasteiger partial charge is 0.490 e. The summed E-state index contributed by atoms with van der Waals surface area (Å²) in [7, 11) is 3.71. The van der Waals surface area contributed by atoms with E-state index in [1.807, 2.05) is 30.1 Å². The van der Waals surface area contributed by atoms with Gasteiger partial charge in [-0.25, -0.2) is 4.79 Å². The summed E-state index contributed by atoms with van der Waals surface area (Å²) < 4.78 is 12.7. The molecular formula is C36H45ClN2O5. The first-order valence-electron chi connectivity index (χ1n) is 16.0. The first-order chi connectivity index (χ1) is 21.1. The number of aliphatic hydroxyl groups is 1. The molecule has 0 unspecified atom stereocenters. The standard InChI is InChI=1S/C36H45ClN2O5/c1-24-20-36(42,34(40)41)27-11-15-33-31(19-27)39(21-26-10-13-29(26)32(43-3)9-5-4-6-17-38(24)2)22-35(23-44-33)16-7-8-25-18-28(37)12-14-30(25)35/h5,9,11-12,14-15,18-19,26,29,32,42H,1,4,6-8,10,13,16-17,20-23H2,2-3H3,(H,40,41)/b9-5+/t26-,29+,32-,35-,36-/m0/s1. The minimum absolute atomic E-state index is 0.0507. The van der Waals surface area contributed by atoms with Gasteiger partial charge >= 0.3 is 5.97 Å². The second kappa shape index (κ2) is 12.4. The lowest BCUT2D eigenvalue weighted by Gasteiger charge is -2.46. The predicted molar refractivity (Wildman–Crippen MR) is 174 cm³/mol. The molecule has 236 valence electrons. The molecule has 0 amide bonds. The van der Waals surface area contributed by atoms with Gasteiger partial charge in [-0.1, -0.05) is 42.5 Å². The number of halogens is 1. The summed E-state index contributed by atoms with van der Waals surface area (Å²) in [5, 5.41) is 22.9. The Morgan fingerprint density at radius 2 is 2.02 bits per heavy atom. The van der Waals surface area contributed by atoms with E-state index in [0.29, 0.717) is 42.0 Å². The number of hydrogen-bond donors (Lipinski definition) is 2. The van der Waals surface area contributed by atoms with E-state index < -0.39 is 11.6 Å². The normalized spacial score (nSPS) is 31.5. The Morgan fingerprint density at radius 1 is 1.18 bits per heavy atom. The van der Waals surface area contributed by atoms with Crippen LogP contribution in [0.5, 0.6) is 5.75 Å². The zero-order valence-electron chi connectivity index (χ0n) is 25.9. The number of allylic oxidation sites excluding steroid dienone is 1. The van der Waals surface area contributed by atoms with Gasteiger partial charge in [0.15, 0.2) is 5.60 Å². The number of anilines is 1. The summed E-state index contributed by atoms with van der Waals surface area (Å²) >= 11 is 6.43. The van der Waals surface area contributed by atoms with Crippen LogP contribution in [-0.4, -0.2) is 67.6 Å². The third-order valence-corrected chi connectivity index (χ3v) is 10.9. The van der Waals surface area contributed by atoms with E-state index in [1.54, 1.807) is 13.2 Å². The maximum absolute atomic E-state index is 12.7. The predicted octanol–water partition coefficient (Wildman–Crippen LogP) is 6.31. The van der Waals surface area contributed by atoms with Crippen LogP contribution in [0.3, 0.4) is 0 Å². The quantitative estimate of drug-likeness (QED) is 0.381. The van der Waals surface area contributed by atoms with Gasteiger partial charge in [-0.05, 0) is 97.7 Å². The van der Waals surface area contributed by atoms with Gasteiger partial charge < -0.3 is 29.5 Å². The van der Waals surface area contributed by atoms with Gasteiger partial charge in [0.05, 0.1) is 18.4 Å². The van der Waals surface area contributed by atoms with Crippen molar-refractivity contribution < 1.29 is 24.5 Å². The third-order valence-electron chi connectivity index (χ3n) is 10.7. The average molecular weight is 621 g/mol. The molecule has 5 atom stereocenters. The van der Waals surface area contributed by atoms with Crippen LogP contribution in [0.2, 0.25) is 5.02 Å². The summed E-state index contributed by atoms with van der Waals surface area (Å²) in [4.78, 5) is 17.1. The number of carboxylic acid groups (broad SMARTS) is 1. The van der Waals surface area contributed by atoms with Crippen LogP contribution >= 0.6 is 11.6 Å². The molecule has 4 aliphatic rings. The molecule has 0 radical (unpaired) electrons. The Kier molecular flexibility index (Phi) is 8.75. The minimum Gasteiger partial charge on any atom is -0.490 e. The van der Waals surface area contributed by atoms with Gasteiger partial charge in [0.25, 0.3) is 0 Å². The van der Waals surface area contributed by atoms with Crippen molar-refractivity contribution in [3.8, 4) is 5.75 Å². The Morgan fingerprint density at radius 3 is 2.77 bits per heavy atom. The molecule has 8 heteroatoms. The van der Waals surface area contributed by atoms with E-state index in [-0.39, 0.29) is 17.9 Å². The van der Waals surface area contributed by atoms with Crippen LogP contribution in [0, 0.1) is 11.8 Å². The molecule has 2 bridgehead atoms. The number of aliphatic carboxylic acids is 1. The highest BCUT2D eigenvalue weighted by atomic mass is 35.5. The van der Waals surface area contributed by atoms with E-state index in [0.717, 1.165) is 68.7 Å². The minimum atomic E-state index is -2.13. The first kappa shape index (κ1) is 31.0. The number of rotatable bonds is 2. The summed E-state index contributed by atoms with van der Waals surface area (Å²) in [5.41, 5.74) is 1.94. The van der Waals surface area contributed by atoms with Crippen molar-refractivity contribution in [3.05, 3.63) is 82.5 Å². The van der Waals surface area contributed by atoms with Gasteiger partial charge in [0.1, 0.15) is 5.75 Å². The molecule has 1 fully saturated rings. The molecule has 44 heavy (non-hydrogen) atoms. The molecule has 0 saturated heterocycles. The number of carboxylic acids is 1. The lowest BCUT2D eigenvalue weighted by Crippen LogP contribution is -2.49. The molecule has 1 saturated carbocycles. The Bertz CT molecular complexity index is 1440. The summed E-state index contributed by atoms with van der Waals surface area (Å²) in [6.07, 6.45) is 11.4. The number of methoxy groups -OCH3 is 1. The van der Waals surface area contributed by atoms with Gasteiger partial charge in [-0.3, -0.25) is 0 Å². The molecule has 6 rings (SSSR count). The number of carbonyl (C=O) groups is 1. The molecule has 7 nitrogen and oxygen atoms in total. The van der Waals surface area contributed by atoms with Crippen molar-refractivity contribution in [2.45, 2.75) is 68.5 Å². The van der Waals surface area contributed by atoms with Crippen molar-refractivity contribution in [2.24, 2.45) is 11.8 Å². The first-order valence-corrected chi connectivity index (χ1v) is 16.4. The van der Waals surface area contributed by atoms with Gasteiger partial charge in [0, 0.05) is 56.3 Å². The Labute approximate surface area is 266 Å². The van der Waals surface area contributed by atoms with Crippen LogP contribution in [0.1, 0.15) is 61.6 Å². The van der Waals surface area contributed by atoms with Crippen molar-refractivity contribution in [2.75, 3.05) is 45.3 Å². The molecule has 2 heterocycles. The molecule has 0 aromatic heterocycles. The van der Waals surface area contributed by atoms with Crippen molar-refractivity contribution in [1.82, 2.24) is 4.90 Å². The van der Waals surface area contributed by atoms with Gasteiger partial charge in [0.2, 0.25) is 0 Å². The highest BCUT2D eigenvalue weighted by molar-refractivity contribution is 6.30. The fraction of sp³-hybridized carbons (Fsp3) is 0.528. The van der Waals surface area contributed by atoms with E-state index in [4.69, 9.17) is 21.1 Å². The van der Waals surface area contributed by atoms with Crippen molar-refractivity contribution in [1.29, 1.82) is 0 Å². The zero-order valence-corrected chi connectivity index (χ0v) is 26.7. The summed E-state index contributed by atoms with van der Waals surface area (Å²) in [6, 6.07) is 11.6. The second-order valence-electron chi connectivity index (χ2n) is 13.4. The summed E-state index contributed by atoms with van der Waals surface area (Å²) in [6.45, 7) is 6.92. The average Bonchev–Trinajstić information content (AvgIpc) is 3.14. The van der Waals surface area contributed by atoms with Crippen molar-refractivity contribution in [3.63, 3.8) is 0 Å². The van der Waals surface area contributed by atoms with Crippen LogP contribution in [0.25, 0.3) is 0 Å². The van der Waals surface area contributed by atoms with Crippen LogP contribution in [0.4, 0.5) is 5.69 Å². The van der Waals surface area contributed by atoms with E-state index in [1.165, 1.54) is 11.1 Å². The monoisotopic (exact) mass is 620 g/mol. The zero-order chi connectivity index (χ0) is 31.1. The number of ether oxygens (including phenoxy) is 2. The number of aryl methyl sites for hydroxylation is 1. The number of hydrogen-bond acceptors (Lipinski definition) is 6.